The van der Waals surface area contributed by atoms with Gasteiger partial charge in [-0.3, -0.25) is 5.32 Å². The SMILES string of the molecule is CCCCOP(C=Cc1ccccc1S(=O)(=O)NC(=O)Nc1nc(C)cc(OC)n1)OCCCC. The van der Waals surface area contributed by atoms with E-state index in [2.05, 4.69) is 29.1 Å². The van der Waals surface area contributed by atoms with Gasteiger partial charge in [-0.2, -0.15) is 4.98 Å². The molecule has 35 heavy (non-hydrogen) atoms. The smallest absolute Gasteiger partial charge is 0.335 e. The van der Waals surface area contributed by atoms with Gasteiger partial charge >= 0.3 is 6.03 Å². The Balaban J connectivity index is 2.16. The lowest BCUT2D eigenvalue weighted by atomic mass is 10.2. The lowest BCUT2D eigenvalue weighted by molar-refractivity contribution is 0.249. The van der Waals surface area contributed by atoms with E-state index in [1.165, 1.54) is 13.2 Å². The molecule has 0 fully saturated rings. The largest absolute Gasteiger partial charge is 0.481 e. The highest BCUT2D eigenvalue weighted by atomic mass is 32.2. The summed E-state index contributed by atoms with van der Waals surface area (Å²) in [4.78, 5) is 20.4. The van der Waals surface area contributed by atoms with E-state index in [0.717, 1.165) is 25.7 Å². The molecule has 0 saturated heterocycles. The Morgan fingerprint density at radius 1 is 1.09 bits per heavy atom. The van der Waals surface area contributed by atoms with Crippen molar-refractivity contribution >= 4 is 36.5 Å². The third-order valence-corrected chi connectivity index (χ3v) is 7.18. The van der Waals surface area contributed by atoms with Crippen LogP contribution in [-0.4, -0.2) is 44.7 Å². The standard InChI is InChI=1S/C23H33N4O6PS/c1-5-7-14-32-34(33-15-8-6-2)16-13-19-11-9-10-12-20(19)35(29,30)27-23(28)26-22-24-18(3)17-21(25-22)31-4/h9-13,16-17H,5-8,14-15H2,1-4H3,(H2,24,25,26,27,28). The molecule has 1 heterocycles. The van der Waals surface area contributed by atoms with Crippen LogP contribution in [0.15, 0.2) is 41.0 Å². The highest BCUT2D eigenvalue weighted by molar-refractivity contribution is 7.90. The summed E-state index contributed by atoms with van der Waals surface area (Å²) in [5, 5.41) is 2.32. The van der Waals surface area contributed by atoms with Crippen LogP contribution in [0.3, 0.4) is 0 Å². The second-order valence-electron chi connectivity index (χ2n) is 7.45. The Morgan fingerprint density at radius 2 is 1.74 bits per heavy atom. The monoisotopic (exact) mass is 524 g/mol. The number of nitrogens with one attached hydrogen (secondary N) is 2. The van der Waals surface area contributed by atoms with Crippen LogP contribution >= 0.6 is 8.38 Å². The molecule has 0 aliphatic rings. The number of aromatic nitrogens is 2. The van der Waals surface area contributed by atoms with Gasteiger partial charge in [-0.25, -0.2) is 22.9 Å². The van der Waals surface area contributed by atoms with E-state index in [-0.39, 0.29) is 16.7 Å². The van der Waals surface area contributed by atoms with Gasteiger partial charge < -0.3 is 13.8 Å². The summed E-state index contributed by atoms with van der Waals surface area (Å²) < 4.78 is 44.7. The number of carbonyl (C=O) groups is 1. The average Bonchev–Trinajstić information content (AvgIpc) is 2.81. The van der Waals surface area contributed by atoms with Crippen LogP contribution in [0.4, 0.5) is 10.7 Å². The van der Waals surface area contributed by atoms with Gasteiger partial charge in [0.2, 0.25) is 11.8 Å². The van der Waals surface area contributed by atoms with Crippen LogP contribution in [0.2, 0.25) is 0 Å². The summed E-state index contributed by atoms with van der Waals surface area (Å²) in [7, 11) is -4.09. The number of benzene rings is 1. The second-order valence-corrected chi connectivity index (χ2v) is 10.5. The quantitative estimate of drug-likeness (QED) is 0.254. The number of methoxy groups -OCH3 is 1. The van der Waals surface area contributed by atoms with Gasteiger partial charge in [0.15, 0.2) is 8.38 Å². The van der Waals surface area contributed by atoms with E-state index in [9.17, 15) is 13.2 Å². The van der Waals surface area contributed by atoms with Crippen molar-refractivity contribution in [2.45, 2.75) is 51.3 Å². The van der Waals surface area contributed by atoms with Gasteiger partial charge in [0.1, 0.15) is 0 Å². The van der Waals surface area contributed by atoms with E-state index >= 15 is 0 Å². The first-order valence-corrected chi connectivity index (χ1v) is 14.1. The summed E-state index contributed by atoms with van der Waals surface area (Å²) in [6.45, 7) is 6.97. The molecule has 0 saturated carbocycles. The molecule has 0 bridgehead atoms. The van der Waals surface area contributed by atoms with Crippen molar-refractivity contribution in [2.24, 2.45) is 0 Å². The van der Waals surface area contributed by atoms with Gasteiger partial charge in [0, 0.05) is 11.8 Å². The summed E-state index contributed by atoms with van der Waals surface area (Å²) >= 11 is 0. The van der Waals surface area contributed by atoms with Crippen molar-refractivity contribution in [2.75, 3.05) is 25.6 Å². The minimum atomic E-state index is -4.20. The molecule has 0 spiro atoms. The zero-order valence-corrected chi connectivity index (χ0v) is 22.2. The molecule has 0 unspecified atom stereocenters. The molecule has 2 amide bonds. The highest BCUT2D eigenvalue weighted by Crippen LogP contribution is 2.41. The van der Waals surface area contributed by atoms with E-state index in [0.29, 0.717) is 24.5 Å². The summed E-state index contributed by atoms with van der Waals surface area (Å²) in [5.74, 6) is 1.90. The first-order valence-electron chi connectivity index (χ1n) is 11.3. The van der Waals surface area contributed by atoms with E-state index < -0.39 is 24.4 Å². The number of ether oxygens (including phenoxy) is 1. The van der Waals surface area contributed by atoms with Gasteiger partial charge in [-0.1, -0.05) is 44.9 Å². The van der Waals surface area contributed by atoms with Crippen LogP contribution in [0.1, 0.15) is 50.8 Å². The van der Waals surface area contributed by atoms with Gasteiger partial charge in [0.05, 0.1) is 25.2 Å². The highest BCUT2D eigenvalue weighted by Gasteiger charge is 2.21. The maximum Gasteiger partial charge on any atom is 0.335 e. The Labute approximate surface area is 208 Å². The van der Waals surface area contributed by atoms with E-state index in [4.69, 9.17) is 13.8 Å². The number of hydrogen-bond acceptors (Lipinski definition) is 8. The molecular formula is C23H33N4O6PS. The molecule has 12 heteroatoms. The van der Waals surface area contributed by atoms with Crippen LogP contribution in [-0.2, 0) is 19.1 Å². The van der Waals surface area contributed by atoms with Crippen LogP contribution < -0.4 is 14.8 Å². The Hall–Kier alpha value is -2.59. The van der Waals surface area contributed by atoms with Crippen molar-refractivity contribution in [1.29, 1.82) is 0 Å². The van der Waals surface area contributed by atoms with Gasteiger partial charge in [-0.15, -0.1) is 0 Å². The molecule has 2 rings (SSSR count). The lowest BCUT2D eigenvalue weighted by Crippen LogP contribution is -2.35. The van der Waals surface area contributed by atoms with Crippen molar-refractivity contribution < 1.29 is 27.0 Å². The number of sulfonamides is 1. The maximum atomic E-state index is 13.0. The molecule has 1 aromatic heterocycles. The van der Waals surface area contributed by atoms with Crippen molar-refractivity contribution in [3.63, 3.8) is 0 Å². The van der Waals surface area contributed by atoms with Crippen LogP contribution in [0, 0.1) is 6.92 Å². The predicted molar refractivity (Wildman–Crippen MR) is 137 cm³/mol. The fraction of sp³-hybridized carbons (Fsp3) is 0.435. The molecule has 192 valence electrons. The topological polar surface area (TPSA) is 129 Å². The maximum absolute atomic E-state index is 13.0. The van der Waals surface area contributed by atoms with Crippen LogP contribution in [0.25, 0.3) is 6.08 Å². The molecular weight excluding hydrogens is 491 g/mol. The third-order valence-electron chi connectivity index (χ3n) is 4.51. The van der Waals surface area contributed by atoms with Crippen molar-refractivity contribution in [1.82, 2.24) is 14.7 Å². The number of hydrogen-bond donors (Lipinski definition) is 2. The van der Waals surface area contributed by atoms with Gasteiger partial charge in [-0.05, 0) is 43.3 Å². The Morgan fingerprint density at radius 3 is 2.37 bits per heavy atom. The molecule has 10 nitrogen and oxygen atoms in total. The zero-order valence-electron chi connectivity index (χ0n) is 20.5. The first-order chi connectivity index (χ1) is 16.8. The number of carbonyl (C=O) groups excluding carboxylic acids is 1. The van der Waals surface area contributed by atoms with E-state index in [1.54, 1.807) is 43.1 Å². The number of anilines is 1. The zero-order chi connectivity index (χ0) is 25.7. The fourth-order valence-corrected chi connectivity index (χ4v) is 4.99. The summed E-state index contributed by atoms with van der Waals surface area (Å²) in [6.07, 6.45) is 5.45. The number of aryl methyl sites for hydroxylation is 1. The van der Waals surface area contributed by atoms with Gasteiger partial charge in [0.25, 0.3) is 10.0 Å². The minimum Gasteiger partial charge on any atom is -0.481 e. The molecule has 1 aromatic carbocycles. The molecule has 2 aromatic rings. The summed E-state index contributed by atoms with van der Waals surface area (Å²) in [5.41, 5.74) is 0.941. The Bertz CT molecular complexity index is 1090. The average molecular weight is 525 g/mol. The molecule has 0 aliphatic heterocycles. The number of rotatable bonds is 14. The Kier molecular flexibility index (Phi) is 12.1. The van der Waals surface area contributed by atoms with Crippen molar-refractivity contribution in [3.8, 4) is 5.88 Å². The third kappa shape index (κ3) is 9.89. The normalized spacial score (nSPS) is 11.7. The fourth-order valence-electron chi connectivity index (χ4n) is 2.73. The molecule has 0 aliphatic carbocycles. The second kappa shape index (κ2) is 14.7. The number of nitrogens with zero attached hydrogens (tertiary/aromatic N) is 2. The summed E-state index contributed by atoms with van der Waals surface area (Å²) in [6, 6.07) is 6.93. The minimum absolute atomic E-state index is 0.0637. The molecule has 0 radical (unpaired) electrons. The first kappa shape index (κ1) is 28.6. The number of urea groups is 1. The van der Waals surface area contributed by atoms with Crippen molar-refractivity contribution in [3.05, 3.63) is 47.4 Å². The number of amides is 2. The van der Waals surface area contributed by atoms with E-state index in [1.807, 2.05) is 4.72 Å². The molecule has 2 N–H and O–H groups in total. The lowest BCUT2D eigenvalue weighted by Gasteiger charge is -2.14. The predicted octanol–water partition coefficient (Wildman–Crippen LogP) is 5.22. The number of unbranched alkanes of at least 4 members (excludes halogenated alkanes) is 2. The molecule has 0 atom stereocenters. The van der Waals surface area contributed by atoms with Crippen LogP contribution in [0.5, 0.6) is 5.88 Å².